The predicted octanol–water partition coefficient (Wildman–Crippen LogP) is 4.28. The third kappa shape index (κ3) is 3.75. The first-order valence-corrected chi connectivity index (χ1v) is 8.57. The van der Waals surface area contributed by atoms with Gasteiger partial charge in [0.25, 0.3) is 5.91 Å². The van der Waals surface area contributed by atoms with Crippen LogP contribution in [0.25, 0.3) is 0 Å². The SMILES string of the molecule is CCCc1oc(C)cc(=O)c1C(=O)Nc1c(CC)cccc1CC. The Hall–Kier alpha value is -2.36. The van der Waals surface area contributed by atoms with Gasteiger partial charge in [-0.05, 0) is 37.3 Å². The minimum Gasteiger partial charge on any atom is -0.465 e. The van der Waals surface area contributed by atoms with Gasteiger partial charge in [0.15, 0.2) is 5.43 Å². The van der Waals surface area contributed by atoms with Crippen molar-refractivity contribution < 1.29 is 9.21 Å². The van der Waals surface area contributed by atoms with E-state index >= 15 is 0 Å². The number of carbonyl (C=O) groups excluding carboxylic acids is 1. The van der Waals surface area contributed by atoms with Crippen molar-refractivity contribution in [3.8, 4) is 0 Å². The highest BCUT2D eigenvalue weighted by Gasteiger charge is 2.20. The lowest BCUT2D eigenvalue weighted by Gasteiger charge is -2.15. The number of hydrogen-bond donors (Lipinski definition) is 1. The molecule has 1 aromatic carbocycles. The second kappa shape index (κ2) is 7.95. The smallest absolute Gasteiger partial charge is 0.263 e. The molecule has 2 rings (SSSR count). The molecule has 1 N–H and O–H groups in total. The molecule has 4 heteroatoms. The average Bonchev–Trinajstić information content (AvgIpc) is 2.54. The van der Waals surface area contributed by atoms with Gasteiger partial charge in [-0.25, -0.2) is 0 Å². The number of hydrogen-bond acceptors (Lipinski definition) is 3. The molecule has 0 spiro atoms. The largest absolute Gasteiger partial charge is 0.465 e. The van der Waals surface area contributed by atoms with Gasteiger partial charge in [-0.15, -0.1) is 0 Å². The van der Waals surface area contributed by atoms with E-state index in [0.717, 1.165) is 36.1 Å². The minimum atomic E-state index is -0.386. The summed E-state index contributed by atoms with van der Waals surface area (Å²) in [6.07, 6.45) is 3.00. The average molecular weight is 327 g/mol. The van der Waals surface area contributed by atoms with E-state index in [4.69, 9.17) is 4.42 Å². The number of rotatable bonds is 6. The van der Waals surface area contributed by atoms with Crippen LogP contribution in [0.2, 0.25) is 0 Å². The van der Waals surface area contributed by atoms with Gasteiger partial charge in [0.2, 0.25) is 0 Å². The van der Waals surface area contributed by atoms with Crippen molar-refractivity contribution in [2.45, 2.75) is 53.4 Å². The fraction of sp³-hybridized carbons (Fsp3) is 0.400. The highest BCUT2D eigenvalue weighted by atomic mass is 16.3. The number of nitrogens with one attached hydrogen (secondary N) is 1. The summed E-state index contributed by atoms with van der Waals surface area (Å²) in [6.45, 7) is 7.82. The summed E-state index contributed by atoms with van der Waals surface area (Å²) in [4.78, 5) is 25.2. The topological polar surface area (TPSA) is 59.3 Å². The lowest BCUT2D eigenvalue weighted by molar-refractivity contribution is 0.102. The number of amides is 1. The monoisotopic (exact) mass is 327 g/mol. The molecule has 1 amide bonds. The first kappa shape index (κ1) is 18.0. The van der Waals surface area contributed by atoms with Gasteiger partial charge in [-0.2, -0.15) is 0 Å². The maximum atomic E-state index is 12.8. The lowest BCUT2D eigenvalue weighted by Crippen LogP contribution is -2.24. The molecule has 2 aromatic rings. The molecule has 0 bridgehead atoms. The molecule has 128 valence electrons. The van der Waals surface area contributed by atoms with E-state index in [1.165, 1.54) is 6.07 Å². The van der Waals surface area contributed by atoms with E-state index in [9.17, 15) is 9.59 Å². The summed E-state index contributed by atoms with van der Waals surface area (Å²) in [5, 5.41) is 2.96. The van der Waals surface area contributed by atoms with Gasteiger partial charge in [-0.1, -0.05) is 39.0 Å². The van der Waals surface area contributed by atoms with E-state index in [2.05, 4.69) is 5.32 Å². The van der Waals surface area contributed by atoms with Crippen LogP contribution in [-0.4, -0.2) is 5.91 Å². The Balaban J connectivity index is 2.47. The summed E-state index contributed by atoms with van der Waals surface area (Å²) >= 11 is 0. The zero-order valence-corrected chi connectivity index (χ0v) is 14.9. The third-order valence-electron chi connectivity index (χ3n) is 4.09. The first-order chi connectivity index (χ1) is 11.5. The third-order valence-corrected chi connectivity index (χ3v) is 4.09. The van der Waals surface area contributed by atoms with Crippen molar-refractivity contribution in [1.82, 2.24) is 0 Å². The summed E-state index contributed by atoms with van der Waals surface area (Å²) < 4.78 is 5.64. The Morgan fingerprint density at radius 2 is 1.75 bits per heavy atom. The van der Waals surface area contributed by atoms with Crippen LogP contribution in [0.1, 0.15) is 60.2 Å². The van der Waals surface area contributed by atoms with Crippen LogP contribution >= 0.6 is 0 Å². The molecule has 0 saturated carbocycles. The molecule has 0 saturated heterocycles. The Bertz CT molecular complexity index is 768. The van der Waals surface area contributed by atoms with Gasteiger partial charge in [-0.3, -0.25) is 9.59 Å². The van der Waals surface area contributed by atoms with Gasteiger partial charge in [0.05, 0.1) is 0 Å². The van der Waals surface area contributed by atoms with E-state index in [1.54, 1.807) is 6.92 Å². The second-order valence-electron chi connectivity index (χ2n) is 5.88. The van der Waals surface area contributed by atoms with Crippen molar-refractivity contribution in [3.05, 3.63) is 62.7 Å². The van der Waals surface area contributed by atoms with Crippen LogP contribution in [0.4, 0.5) is 5.69 Å². The van der Waals surface area contributed by atoms with E-state index in [-0.39, 0.29) is 16.9 Å². The highest BCUT2D eigenvalue weighted by molar-refractivity contribution is 6.05. The standard InChI is InChI=1S/C20H25NO3/c1-5-9-17-18(16(22)12-13(4)24-17)20(23)21-19-14(6-2)10-8-11-15(19)7-3/h8,10-12H,5-7,9H2,1-4H3,(H,21,23). The molecule has 1 heterocycles. The number of carbonyl (C=O) groups is 1. The predicted molar refractivity (Wildman–Crippen MR) is 96.9 cm³/mol. The van der Waals surface area contributed by atoms with Crippen molar-refractivity contribution in [1.29, 1.82) is 0 Å². The molecule has 0 radical (unpaired) electrons. The number of para-hydroxylation sites is 1. The molecule has 0 aliphatic heterocycles. The van der Waals surface area contributed by atoms with Crippen molar-refractivity contribution in [3.63, 3.8) is 0 Å². The van der Waals surface area contributed by atoms with E-state index in [1.807, 2.05) is 39.0 Å². The second-order valence-corrected chi connectivity index (χ2v) is 5.88. The Morgan fingerprint density at radius 1 is 1.12 bits per heavy atom. The zero-order valence-electron chi connectivity index (χ0n) is 14.9. The quantitative estimate of drug-likeness (QED) is 0.861. The lowest BCUT2D eigenvalue weighted by atomic mass is 10.0. The highest BCUT2D eigenvalue weighted by Crippen LogP contribution is 2.23. The molecule has 1 aromatic heterocycles. The number of benzene rings is 1. The minimum absolute atomic E-state index is 0.121. The molecular formula is C20H25NO3. The molecule has 24 heavy (non-hydrogen) atoms. The molecule has 0 unspecified atom stereocenters. The summed E-state index contributed by atoms with van der Waals surface area (Å²) in [5.41, 5.74) is 2.78. The fourth-order valence-electron chi connectivity index (χ4n) is 2.89. The Morgan fingerprint density at radius 3 is 2.29 bits per heavy atom. The molecule has 4 nitrogen and oxygen atoms in total. The molecule has 0 aliphatic carbocycles. The van der Waals surface area contributed by atoms with Crippen LogP contribution in [0.15, 0.2) is 33.5 Å². The number of aryl methyl sites for hydroxylation is 4. The first-order valence-electron chi connectivity index (χ1n) is 8.57. The molecule has 0 fully saturated rings. The van der Waals surface area contributed by atoms with E-state index < -0.39 is 0 Å². The number of anilines is 1. The van der Waals surface area contributed by atoms with Crippen molar-refractivity contribution in [2.75, 3.05) is 5.32 Å². The van der Waals surface area contributed by atoms with Gasteiger partial charge >= 0.3 is 0 Å². The van der Waals surface area contributed by atoms with Crippen LogP contribution < -0.4 is 10.7 Å². The van der Waals surface area contributed by atoms with Crippen molar-refractivity contribution in [2.24, 2.45) is 0 Å². The fourth-order valence-corrected chi connectivity index (χ4v) is 2.89. The maximum Gasteiger partial charge on any atom is 0.263 e. The van der Waals surface area contributed by atoms with Crippen LogP contribution in [0.3, 0.4) is 0 Å². The summed E-state index contributed by atoms with van der Waals surface area (Å²) in [6, 6.07) is 7.37. The maximum absolute atomic E-state index is 12.8. The Labute approximate surface area is 142 Å². The van der Waals surface area contributed by atoms with Crippen LogP contribution in [0.5, 0.6) is 0 Å². The molecule has 0 aliphatic rings. The van der Waals surface area contributed by atoms with E-state index in [0.29, 0.717) is 17.9 Å². The van der Waals surface area contributed by atoms with Crippen molar-refractivity contribution >= 4 is 11.6 Å². The van der Waals surface area contributed by atoms with Gasteiger partial charge in [0, 0.05) is 18.2 Å². The summed E-state index contributed by atoms with van der Waals surface area (Å²) in [7, 11) is 0. The summed E-state index contributed by atoms with van der Waals surface area (Å²) in [5.74, 6) is 0.609. The van der Waals surface area contributed by atoms with Crippen LogP contribution in [-0.2, 0) is 19.3 Å². The van der Waals surface area contributed by atoms with Gasteiger partial charge < -0.3 is 9.73 Å². The normalized spacial score (nSPS) is 10.7. The Kier molecular flexibility index (Phi) is 5.96. The van der Waals surface area contributed by atoms with Gasteiger partial charge in [0.1, 0.15) is 17.1 Å². The molecular weight excluding hydrogens is 302 g/mol. The molecule has 0 atom stereocenters. The van der Waals surface area contributed by atoms with Crippen LogP contribution in [0, 0.1) is 6.92 Å². The zero-order chi connectivity index (χ0) is 17.7.